The summed E-state index contributed by atoms with van der Waals surface area (Å²) in [5.74, 6) is -0.744. The normalized spacial score (nSPS) is 14.9. The van der Waals surface area contributed by atoms with E-state index in [2.05, 4.69) is 5.32 Å². The number of nitrogens with one attached hydrogen (secondary N) is 1. The van der Waals surface area contributed by atoms with E-state index in [0.29, 0.717) is 30.8 Å². The molecule has 7 heteroatoms. The number of sulfonamides is 1. The molecule has 1 aliphatic rings. The zero-order valence-electron chi connectivity index (χ0n) is 13.1. The molecule has 2 aromatic carbocycles. The van der Waals surface area contributed by atoms with Gasteiger partial charge in [-0.1, -0.05) is 6.07 Å². The fraction of sp³-hybridized carbons (Fsp3) is 0.235. The molecule has 0 unspecified atom stereocenters. The predicted octanol–water partition coefficient (Wildman–Crippen LogP) is 2.40. The van der Waals surface area contributed by atoms with Gasteiger partial charge in [0.2, 0.25) is 10.0 Å². The fourth-order valence-corrected chi connectivity index (χ4v) is 3.49. The average Bonchev–Trinajstić information content (AvgIpc) is 2.54. The van der Waals surface area contributed by atoms with E-state index in [-0.39, 0.29) is 5.91 Å². The van der Waals surface area contributed by atoms with E-state index in [1.165, 1.54) is 34.8 Å². The van der Waals surface area contributed by atoms with Gasteiger partial charge in [-0.15, -0.1) is 0 Å². The van der Waals surface area contributed by atoms with Gasteiger partial charge in [0.15, 0.2) is 0 Å². The van der Waals surface area contributed by atoms with E-state index in [4.69, 9.17) is 0 Å². The summed E-state index contributed by atoms with van der Waals surface area (Å²) in [5, 5.41) is 2.75. The van der Waals surface area contributed by atoms with Gasteiger partial charge < -0.3 is 5.32 Å². The lowest BCUT2D eigenvalue weighted by molar-refractivity contribution is 0.102. The van der Waals surface area contributed by atoms with Gasteiger partial charge in [0, 0.05) is 24.3 Å². The van der Waals surface area contributed by atoms with Gasteiger partial charge in [0.05, 0.1) is 6.26 Å². The zero-order chi connectivity index (χ0) is 17.3. The molecule has 0 saturated carbocycles. The Bertz CT molecular complexity index is 879. The topological polar surface area (TPSA) is 66.5 Å². The molecule has 24 heavy (non-hydrogen) atoms. The predicted molar refractivity (Wildman–Crippen MR) is 89.8 cm³/mol. The highest BCUT2D eigenvalue weighted by molar-refractivity contribution is 7.88. The van der Waals surface area contributed by atoms with Gasteiger partial charge in [-0.3, -0.25) is 4.79 Å². The fourth-order valence-electron chi connectivity index (χ4n) is 2.70. The zero-order valence-corrected chi connectivity index (χ0v) is 13.9. The molecule has 0 bridgehead atoms. The third-order valence-electron chi connectivity index (χ3n) is 4.02. The number of carbonyl (C=O) groups is 1. The number of anilines is 1. The van der Waals surface area contributed by atoms with E-state index < -0.39 is 15.8 Å². The van der Waals surface area contributed by atoms with Crippen molar-refractivity contribution in [3.63, 3.8) is 0 Å². The molecule has 1 amide bonds. The Balaban J connectivity index is 1.79. The van der Waals surface area contributed by atoms with Gasteiger partial charge in [-0.05, 0) is 53.9 Å². The number of hydrogen-bond donors (Lipinski definition) is 1. The second-order valence-electron chi connectivity index (χ2n) is 5.79. The third kappa shape index (κ3) is 3.63. The summed E-state index contributed by atoms with van der Waals surface area (Å²) >= 11 is 0. The number of benzene rings is 2. The Morgan fingerprint density at radius 1 is 1.12 bits per heavy atom. The van der Waals surface area contributed by atoms with Crippen LogP contribution >= 0.6 is 0 Å². The number of rotatable bonds is 3. The summed E-state index contributed by atoms with van der Waals surface area (Å²) in [7, 11) is -3.24. The van der Waals surface area contributed by atoms with Gasteiger partial charge in [-0.2, -0.15) is 4.31 Å². The summed E-state index contributed by atoms with van der Waals surface area (Å²) in [5.41, 5.74) is 2.89. The summed E-state index contributed by atoms with van der Waals surface area (Å²) in [6, 6.07) is 10.8. The van der Waals surface area contributed by atoms with Crippen LogP contribution in [0.3, 0.4) is 0 Å². The molecule has 1 N–H and O–H groups in total. The summed E-state index contributed by atoms with van der Waals surface area (Å²) in [6.07, 6.45) is 1.84. The minimum absolute atomic E-state index is 0.300. The first-order valence-electron chi connectivity index (χ1n) is 7.47. The maximum absolute atomic E-state index is 12.9. The second kappa shape index (κ2) is 6.33. The van der Waals surface area contributed by atoms with Gasteiger partial charge in [0.1, 0.15) is 5.82 Å². The lowest BCUT2D eigenvalue weighted by atomic mass is 10.0. The Labute approximate surface area is 140 Å². The summed E-state index contributed by atoms with van der Waals surface area (Å²) < 4.78 is 37.7. The van der Waals surface area contributed by atoms with Crippen LogP contribution in [0.1, 0.15) is 21.5 Å². The Kier molecular flexibility index (Phi) is 4.38. The monoisotopic (exact) mass is 348 g/mol. The second-order valence-corrected chi connectivity index (χ2v) is 7.77. The van der Waals surface area contributed by atoms with E-state index >= 15 is 0 Å². The maximum atomic E-state index is 12.9. The smallest absolute Gasteiger partial charge is 0.255 e. The van der Waals surface area contributed by atoms with Crippen molar-refractivity contribution in [1.29, 1.82) is 0 Å². The standard InChI is InChI=1S/C17H17FN2O3S/c1-24(22,23)20-9-8-12-4-7-16(10-14(12)11-20)19-17(21)13-2-5-15(18)6-3-13/h2-7,10H,8-9,11H2,1H3,(H,19,21). The molecule has 1 heterocycles. The first-order chi connectivity index (χ1) is 11.3. The van der Waals surface area contributed by atoms with Crippen LogP contribution in [0, 0.1) is 5.82 Å². The van der Waals surface area contributed by atoms with E-state index in [9.17, 15) is 17.6 Å². The Morgan fingerprint density at radius 2 is 1.83 bits per heavy atom. The summed E-state index contributed by atoms with van der Waals surface area (Å²) in [4.78, 5) is 12.2. The highest BCUT2D eigenvalue weighted by Gasteiger charge is 2.23. The average molecular weight is 348 g/mol. The van der Waals surface area contributed by atoms with Crippen molar-refractivity contribution < 1.29 is 17.6 Å². The van der Waals surface area contributed by atoms with Gasteiger partial charge >= 0.3 is 0 Å². The van der Waals surface area contributed by atoms with Crippen molar-refractivity contribution >= 4 is 21.6 Å². The van der Waals surface area contributed by atoms with E-state index in [1.54, 1.807) is 12.1 Å². The molecule has 1 aliphatic heterocycles. The minimum atomic E-state index is -3.24. The van der Waals surface area contributed by atoms with Crippen LogP contribution in [0.4, 0.5) is 10.1 Å². The number of carbonyl (C=O) groups excluding carboxylic acids is 1. The highest BCUT2D eigenvalue weighted by atomic mass is 32.2. The minimum Gasteiger partial charge on any atom is -0.322 e. The number of nitrogens with zero attached hydrogens (tertiary/aromatic N) is 1. The summed E-state index contributed by atoms with van der Waals surface area (Å²) in [6.45, 7) is 0.765. The Hall–Kier alpha value is -2.25. The quantitative estimate of drug-likeness (QED) is 0.926. The molecular weight excluding hydrogens is 331 g/mol. The molecule has 0 aliphatic carbocycles. The lowest BCUT2D eigenvalue weighted by Crippen LogP contribution is -2.35. The molecule has 126 valence electrons. The molecule has 0 radical (unpaired) electrons. The molecular formula is C17H17FN2O3S. The van der Waals surface area contributed by atoms with Crippen molar-refractivity contribution in [3.8, 4) is 0 Å². The number of hydrogen-bond acceptors (Lipinski definition) is 3. The SMILES string of the molecule is CS(=O)(=O)N1CCc2ccc(NC(=O)c3ccc(F)cc3)cc2C1. The molecule has 0 aromatic heterocycles. The molecule has 2 aromatic rings. The first kappa shape index (κ1) is 16.6. The molecule has 0 fully saturated rings. The van der Waals surface area contributed by atoms with Crippen molar-refractivity contribution in [2.75, 3.05) is 18.1 Å². The first-order valence-corrected chi connectivity index (χ1v) is 9.31. The number of halogens is 1. The maximum Gasteiger partial charge on any atom is 0.255 e. The highest BCUT2D eigenvalue weighted by Crippen LogP contribution is 2.24. The van der Waals surface area contributed by atoms with E-state index in [1.807, 2.05) is 6.07 Å². The molecule has 0 saturated heterocycles. The molecule has 0 spiro atoms. The van der Waals surface area contributed by atoms with Crippen LogP contribution in [0.15, 0.2) is 42.5 Å². The van der Waals surface area contributed by atoms with Gasteiger partial charge in [0.25, 0.3) is 5.91 Å². The van der Waals surface area contributed by atoms with Crippen molar-refractivity contribution in [2.24, 2.45) is 0 Å². The van der Waals surface area contributed by atoms with Crippen molar-refractivity contribution in [2.45, 2.75) is 13.0 Å². The van der Waals surface area contributed by atoms with E-state index in [0.717, 1.165) is 11.1 Å². The van der Waals surface area contributed by atoms with Crippen LogP contribution in [0.2, 0.25) is 0 Å². The van der Waals surface area contributed by atoms with Crippen LogP contribution < -0.4 is 5.32 Å². The van der Waals surface area contributed by atoms with Crippen LogP contribution in [-0.4, -0.2) is 31.4 Å². The van der Waals surface area contributed by atoms with Crippen LogP contribution in [-0.2, 0) is 23.0 Å². The molecule has 3 rings (SSSR count). The van der Waals surface area contributed by atoms with Gasteiger partial charge in [-0.25, -0.2) is 12.8 Å². The lowest BCUT2D eigenvalue weighted by Gasteiger charge is -2.27. The largest absolute Gasteiger partial charge is 0.322 e. The van der Waals surface area contributed by atoms with Crippen LogP contribution in [0.25, 0.3) is 0 Å². The van der Waals surface area contributed by atoms with Crippen molar-refractivity contribution in [1.82, 2.24) is 4.31 Å². The third-order valence-corrected chi connectivity index (χ3v) is 5.27. The number of amides is 1. The van der Waals surface area contributed by atoms with Crippen LogP contribution in [0.5, 0.6) is 0 Å². The molecule has 0 atom stereocenters. The Morgan fingerprint density at radius 3 is 2.50 bits per heavy atom. The number of fused-ring (bicyclic) bond motifs is 1. The molecule has 5 nitrogen and oxygen atoms in total. The van der Waals surface area contributed by atoms with Crippen molar-refractivity contribution in [3.05, 3.63) is 65.0 Å².